The summed E-state index contributed by atoms with van der Waals surface area (Å²) in [6.07, 6.45) is 0. The van der Waals surface area contributed by atoms with Crippen LogP contribution in [0.4, 0.5) is 5.69 Å². The molecule has 94 valence electrons. The van der Waals surface area contributed by atoms with Gasteiger partial charge in [0.1, 0.15) is 6.61 Å². The van der Waals surface area contributed by atoms with Gasteiger partial charge < -0.3 is 10.1 Å². The molecular weight excluding hydrogens is 236 g/mol. The lowest BCUT2D eigenvalue weighted by molar-refractivity contribution is -0.384. The van der Waals surface area contributed by atoms with Crippen molar-refractivity contribution in [2.45, 2.75) is 6.92 Å². The number of hydrogen-bond donors (Lipinski definition) is 1. The number of ether oxygens (including phenoxy) is 1. The molecule has 1 aliphatic rings. The fourth-order valence-corrected chi connectivity index (χ4v) is 1.66. The molecule has 0 saturated carbocycles. The van der Waals surface area contributed by atoms with E-state index in [4.69, 9.17) is 4.74 Å². The highest BCUT2D eigenvalue weighted by Gasteiger charge is 2.18. The van der Waals surface area contributed by atoms with Gasteiger partial charge in [0.25, 0.3) is 5.69 Å². The van der Waals surface area contributed by atoms with Crippen LogP contribution in [0.3, 0.4) is 0 Å². The van der Waals surface area contributed by atoms with E-state index in [1.165, 1.54) is 24.3 Å². The average molecular weight is 248 g/mol. The van der Waals surface area contributed by atoms with E-state index in [0.29, 0.717) is 30.2 Å². The summed E-state index contributed by atoms with van der Waals surface area (Å²) in [6.45, 7) is 2.89. The van der Waals surface area contributed by atoms with Gasteiger partial charge in [-0.2, -0.15) is 0 Å². The third-order valence-electron chi connectivity index (χ3n) is 2.66. The van der Waals surface area contributed by atoms with E-state index in [1.54, 1.807) is 6.92 Å². The number of ketones is 1. The van der Waals surface area contributed by atoms with E-state index in [9.17, 15) is 14.9 Å². The third kappa shape index (κ3) is 2.32. The molecule has 1 aromatic carbocycles. The number of carbonyl (C=O) groups is 1. The van der Waals surface area contributed by atoms with Crippen molar-refractivity contribution in [3.05, 3.63) is 51.4 Å². The van der Waals surface area contributed by atoms with Crippen LogP contribution in [0.2, 0.25) is 0 Å². The van der Waals surface area contributed by atoms with E-state index in [2.05, 4.69) is 5.32 Å². The molecule has 1 aromatic rings. The predicted molar refractivity (Wildman–Crippen MR) is 64.1 cm³/mol. The molecule has 0 aliphatic carbocycles. The maximum atomic E-state index is 12.1. The number of nitro benzene ring substituents is 1. The molecule has 0 radical (unpaired) electrons. The largest absolute Gasteiger partial charge is 0.477 e. The lowest BCUT2D eigenvalue weighted by atomic mass is 10.0. The van der Waals surface area contributed by atoms with E-state index >= 15 is 0 Å². The van der Waals surface area contributed by atoms with Crippen molar-refractivity contribution < 1.29 is 14.5 Å². The van der Waals surface area contributed by atoms with Crippen molar-refractivity contribution in [1.82, 2.24) is 5.32 Å². The summed E-state index contributed by atoms with van der Waals surface area (Å²) in [6, 6.07) is 5.52. The second kappa shape index (κ2) is 4.87. The van der Waals surface area contributed by atoms with Gasteiger partial charge in [-0.15, -0.1) is 0 Å². The number of hydrogen-bond acceptors (Lipinski definition) is 5. The Labute approximate surface area is 103 Å². The molecule has 1 saturated heterocycles. The molecule has 18 heavy (non-hydrogen) atoms. The van der Waals surface area contributed by atoms with Crippen LogP contribution in [-0.4, -0.2) is 23.9 Å². The van der Waals surface area contributed by atoms with Crippen molar-refractivity contribution in [2.24, 2.45) is 0 Å². The van der Waals surface area contributed by atoms with Gasteiger partial charge in [-0.25, -0.2) is 0 Å². The molecule has 6 heteroatoms. The average Bonchev–Trinajstić information content (AvgIpc) is 2.91. The monoisotopic (exact) mass is 248 g/mol. The van der Waals surface area contributed by atoms with E-state index in [1.807, 2.05) is 0 Å². The van der Waals surface area contributed by atoms with Crippen molar-refractivity contribution in [2.75, 3.05) is 13.2 Å². The zero-order chi connectivity index (χ0) is 13.1. The van der Waals surface area contributed by atoms with Crippen molar-refractivity contribution >= 4 is 11.5 Å². The molecule has 0 atom stereocenters. The molecule has 0 aromatic heterocycles. The lowest BCUT2D eigenvalue weighted by Crippen LogP contribution is -2.12. The van der Waals surface area contributed by atoms with Crippen LogP contribution >= 0.6 is 0 Å². The third-order valence-corrected chi connectivity index (χ3v) is 2.66. The van der Waals surface area contributed by atoms with Crippen LogP contribution in [0.25, 0.3) is 0 Å². The Morgan fingerprint density at radius 3 is 2.56 bits per heavy atom. The fourth-order valence-electron chi connectivity index (χ4n) is 1.66. The Bertz CT molecular complexity index is 511. The predicted octanol–water partition coefficient (Wildman–Crippen LogP) is 1.63. The van der Waals surface area contributed by atoms with Gasteiger partial charge in [0.2, 0.25) is 0 Å². The van der Waals surface area contributed by atoms with E-state index in [0.717, 1.165) is 0 Å². The lowest BCUT2D eigenvalue weighted by Gasteiger charge is -2.05. The summed E-state index contributed by atoms with van der Waals surface area (Å²) in [5.41, 5.74) is 0.844. The molecule has 0 amide bonds. The van der Waals surface area contributed by atoms with Crippen LogP contribution in [-0.2, 0) is 4.74 Å². The summed E-state index contributed by atoms with van der Waals surface area (Å²) in [7, 11) is 0. The minimum Gasteiger partial charge on any atom is -0.477 e. The van der Waals surface area contributed by atoms with Crippen molar-refractivity contribution in [1.29, 1.82) is 0 Å². The summed E-state index contributed by atoms with van der Waals surface area (Å²) in [4.78, 5) is 22.1. The Hall–Kier alpha value is -2.37. The second-order valence-corrected chi connectivity index (χ2v) is 3.86. The first-order valence-corrected chi connectivity index (χ1v) is 5.46. The molecule has 1 heterocycles. The Balaban J connectivity index is 2.23. The highest BCUT2D eigenvalue weighted by molar-refractivity contribution is 6.08. The van der Waals surface area contributed by atoms with Gasteiger partial charge in [-0.1, -0.05) is 0 Å². The molecule has 0 unspecified atom stereocenters. The second-order valence-electron chi connectivity index (χ2n) is 3.86. The van der Waals surface area contributed by atoms with Gasteiger partial charge >= 0.3 is 0 Å². The molecule has 2 rings (SSSR count). The first kappa shape index (κ1) is 12.1. The van der Waals surface area contributed by atoms with Gasteiger partial charge in [0.05, 0.1) is 17.0 Å². The maximum absolute atomic E-state index is 12.1. The number of carbonyl (C=O) groups excluding carboxylic acids is 1. The van der Waals surface area contributed by atoms with Crippen LogP contribution in [0.5, 0.6) is 0 Å². The zero-order valence-electron chi connectivity index (χ0n) is 9.80. The minimum absolute atomic E-state index is 0.0351. The number of nitro groups is 1. The van der Waals surface area contributed by atoms with Crippen molar-refractivity contribution in [3.8, 4) is 0 Å². The van der Waals surface area contributed by atoms with Crippen LogP contribution in [0, 0.1) is 10.1 Å². The Kier molecular flexibility index (Phi) is 3.27. The number of nitrogens with one attached hydrogen (secondary N) is 1. The van der Waals surface area contributed by atoms with E-state index in [-0.39, 0.29) is 11.5 Å². The number of allylic oxidation sites excluding steroid dienone is 1. The number of rotatable bonds is 3. The Morgan fingerprint density at radius 2 is 2.06 bits per heavy atom. The summed E-state index contributed by atoms with van der Waals surface area (Å²) in [5.74, 6) is 0.285. The SMILES string of the molecule is C/C(C(=O)c1ccc([N+](=O)[O-])cc1)=C1/NCCO1. The number of Topliss-reactive ketones (excluding diaryl/α,β-unsaturated/α-hetero) is 1. The Morgan fingerprint density at radius 1 is 1.39 bits per heavy atom. The highest BCUT2D eigenvalue weighted by Crippen LogP contribution is 2.17. The molecule has 6 nitrogen and oxygen atoms in total. The van der Waals surface area contributed by atoms with Gasteiger partial charge in [-0.05, 0) is 19.1 Å². The zero-order valence-corrected chi connectivity index (χ0v) is 9.80. The topological polar surface area (TPSA) is 81.5 Å². The summed E-state index contributed by atoms with van der Waals surface area (Å²) < 4.78 is 5.26. The first-order chi connectivity index (χ1) is 8.59. The number of non-ortho nitro benzene ring substituents is 1. The van der Waals surface area contributed by atoms with E-state index < -0.39 is 4.92 Å². The van der Waals surface area contributed by atoms with Gasteiger partial charge in [0, 0.05) is 17.7 Å². The number of nitrogens with zero attached hydrogens (tertiary/aromatic N) is 1. The van der Waals surface area contributed by atoms with Crippen molar-refractivity contribution in [3.63, 3.8) is 0 Å². The van der Waals surface area contributed by atoms with Gasteiger partial charge in [0.15, 0.2) is 11.7 Å². The highest BCUT2D eigenvalue weighted by atomic mass is 16.6. The summed E-state index contributed by atoms with van der Waals surface area (Å²) >= 11 is 0. The standard InChI is InChI=1S/C12H12N2O4/c1-8(12-13-6-7-18-12)11(15)9-2-4-10(5-3-9)14(16)17/h2-5,13H,6-7H2,1H3/b12-8+. The first-order valence-electron chi connectivity index (χ1n) is 5.46. The fraction of sp³-hybridized carbons (Fsp3) is 0.250. The molecular formula is C12H12N2O4. The molecule has 0 spiro atoms. The smallest absolute Gasteiger partial charge is 0.269 e. The molecule has 0 bridgehead atoms. The van der Waals surface area contributed by atoms with Crippen LogP contribution < -0.4 is 5.32 Å². The minimum atomic E-state index is -0.499. The number of benzene rings is 1. The maximum Gasteiger partial charge on any atom is 0.269 e. The quantitative estimate of drug-likeness (QED) is 0.380. The van der Waals surface area contributed by atoms with Gasteiger partial charge in [-0.3, -0.25) is 14.9 Å². The molecule has 1 fully saturated rings. The summed E-state index contributed by atoms with van der Waals surface area (Å²) in [5, 5.41) is 13.5. The van der Waals surface area contributed by atoms with Crippen LogP contribution in [0.1, 0.15) is 17.3 Å². The molecule has 1 N–H and O–H groups in total. The van der Waals surface area contributed by atoms with Crippen LogP contribution in [0.15, 0.2) is 35.7 Å². The molecule has 1 aliphatic heterocycles. The normalized spacial score (nSPS) is 16.7.